The number of amides is 3. The average molecular weight is 604 g/mol. The van der Waals surface area contributed by atoms with E-state index in [0.29, 0.717) is 65.1 Å². The Hall–Kier alpha value is -2.04. The molecule has 0 bridgehead atoms. The molecule has 16 nitrogen and oxygen atoms in total. The summed E-state index contributed by atoms with van der Waals surface area (Å²) in [5.74, 6) is -0.417. The number of ether oxygens (including phenoxy) is 6. The second-order valence-corrected chi connectivity index (χ2v) is 9.64. The molecule has 236 valence electrons. The quantitative estimate of drug-likeness (QED) is 0.0806. The normalized spacial score (nSPS) is 13.2. The van der Waals surface area contributed by atoms with Crippen LogP contribution in [0, 0.1) is 0 Å². The van der Waals surface area contributed by atoms with Gasteiger partial charge in [-0.1, -0.05) is 0 Å². The van der Waals surface area contributed by atoms with Crippen molar-refractivity contribution in [2.75, 3.05) is 93.9 Å². The number of hydrogen-bond donors (Lipinski definition) is 4. The van der Waals surface area contributed by atoms with E-state index in [0.717, 1.165) is 7.11 Å². The van der Waals surface area contributed by atoms with Gasteiger partial charge in [-0.05, 0) is 32.1 Å². The zero-order valence-electron chi connectivity index (χ0n) is 23.7. The second-order valence-electron chi connectivity index (χ2n) is 8.08. The van der Waals surface area contributed by atoms with Gasteiger partial charge in [0, 0.05) is 34.4 Å². The summed E-state index contributed by atoms with van der Waals surface area (Å²) in [5, 5.41) is 7.87. The third-order valence-electron chi connectivity index (χ3n) is 4.94. The van der Waals surface area contributed by atoms with Crippen molar-refractivity contribution in [2.24, 2.45) is 0 Å². The maximum absolute atomic E-state index is 12.7. The summed E-state index contributed by atoms with van der Waals surface area (Å²) in [5.41, 5.74) is 0. The van der Waals surface area contributed by atoms with E-state index in [1.54, 1.807) is 14.2 Å². The van der Waals surface area contributed by atoms with Crippen LogP contribution in [0.2, 0.25) is 0 Å². The standard InChI is InChI=1S/C23H46N3O13P/c1-32-12-14-35-16-18-37-22(28)25-10-5-4-8-20(26-23(29)38-19-17-36-15-13-33-2)21(27)24-9-6-7-11-39-40(30,31)34-3/h20H,4-19H2,1-3H3,(H,24,27)(H,25,28)(H,26,29)(H,30,31). The molecule has 2 unspecified atom stereocenters. The average Bonchev–Trinajstić information content (AvgIpc) is 2.93. The molecule has 40 heavy (non-hydrogen) atoms. The number of rotatable bonds is 26. The Balaban J connectivity index is 4.41. The first-order valence-corrected chi connectivity index (χ1v) is 14.5. The van der Waals surface area contributed by atoms with E-state index in [4.69, 9.17) is 32.9 Å². The molecule has 2 atom stereocenters. The Morgan fingerprint density at radius 2 is 1.25 bits per heavy atom. The molecule has 4 N–H and O–H groups in total. The van der Waals surface area contributed by atoms with Crippen molar-refractivity contribution in [3.8, 4) is 0 Å². The molecule has 17 heteroatoms. The predicted molar refractivity (Wildman–Crippen MR) is 142 cm³/mol. The first kappa shape index (κ1) is 38.0. The SMILES string of the molecule is COCCOCCOC(=O)NCCCCC(NC(=O)OCCOCCOC)C(=O)NCCCCOP(=O)(O)OC. The number of phosphoric ester groups is 1. The van der Waals surface area contributed by atoms with Gasteiger partial charge in [0.2, 0.25) is 5.91 Å². The summed E-state index contributed by atoms with van der Waals surface area (Å²) in [6.07, 6.45) is 0.858. The zero-order chi connectivity index (χ0) is 29.9. The number of carbonyl (C=O) groups is 3. The number of unbranched alkanes of at least 4 members (excludes halogenated alkanes) is 2. The van der Waals surface area contributed by atoms with Crippen LogP contribution in [0.1, 0.15) is 32.1 Å². The number of alkyl carbamates (subject to hydrolysis) is 2. The topological polar surface area (TPSA) is 198 Å². The van der Waals surface area contributed by atoms with Crippen LogP contribution >= 0.6 is 7.82 Å². The van der Waals surface area contributed by atoms with Crippen molar-refractivity contribution in [3.63, 3.8) is 0 Å². The van der Waals surface area contributed by atoms with E-state index >= 15 is 0 Å². The smallest absolute Gasteiger partial charge is 0.447 e. The van der Waals surface area contributed by atoms with Crippen LogP contribution in [0.4, 0.5) is 9.59 Å². The highest BCUT2D eigenvalue weighted by atomic mass is 31.2. The molecule has 0 rings (SSSR count). The fourth-order valence-corrected chi connectivity index (χ4v) is 3.30. The molecule has 0 fully saturated rings. The fraction of sp³-hybridized carbons (Fsp3) is 0.870. The van der Waals surface area contributed by atoms with E-state index in [1.165, 1.54) is 0 Å². The lowest BCUT2D eigenvalue weighted by Crippen LogP contribution is -2.47. The Kier molecular flexibility index (Phi) is 24.6. The van der Waals surface area contributed by atoms with Crippen LogP contribution in [0.25, 0.3) is 0 Å². The van der Waals surface area contributed by atoms with E-state index in [9.17, 15) is 23.8 Å². The van der Waals surface area contributed by atoms with Crippen molar-refractivity contribution in [3.05, 3.63) is 0 Å². The highest BCUT2D eigenvalue weighted by molar-refractivity contribution is 7.47. The molecule has 0 aliphatic rings. The Bertz CT molecular complexity index is 718. The van der Waals surface area contributed by atoms with Gasteiger partial charge in [-0.25, -0.2) is 14.2 Å². The molecule has 0 aromatic heterocycles. The van der Waals surface area contributed by atoms with Gasteiger partial charge in [0.1, 0.15) is 19.3 Å². The molecule has 0 heterocycles. The minimum absolute atomic E-state index is 0.00350. The molecule has 3 amide bonds. The van der Waals surface area contributed by atoms with Gasteiger partial charge in [0.05, 0.1) is 46.2 Å². The van der Waals surface area contributed by atoms with Gasteiger partial charge in [-0.2, -0.15) is 0 Å². The van der Waals surface area contributed by atoms with Crippen LogP contribution < -0.4 is 16.0 Å². The highest BCUT2D eigenvalue weighted by Crippen LogP contribution is 2.41. The number of nitrogens with one attached hydrogen (secondary N) is 3. The lowest BCUT2D eigenvalue weighted by Gasteiger charge is -2.18. The van der Waals surface area contributed by atoms with Gasteiger partial charge in [0.25, 0.3) is 0 Å². The summed E-state index contributed by atoms with van der Waals surface area (Å²) in [6.45, 7) is 2.76. The molecule has 0 saturated heterocycles. The molecule has 0 aliphatic carbocycles. The molecule has 0 aromatic rings. The van der Waals surface area contributed by atoms with Crippen molar-refractivity contribution in [2.45, 2.75) is 38.1 Å². The first-order valence-electron chi connectivity index (χ1n) is 13.0. The number of carbonyl (C=O) groups excluding carboxylic acids is 3. The van der Waals surface area contributed by atoms with Gasteiger partial charge in [-0.15, -0.1) is 0 Å². The summed E-state index contributed by atoms with van der Waals surface area (Å²) in [4.78, 5) is 45.8. The van der Waals surface area contributed by atoms with Gasteiger partial charge < -0.3 is 49.3 Å². The Morgan fingerprint density at radius 1 is 0.700 bits per heavy atom. The van der Waals surface area contributed by atoms with Crippen LogP contribution in [-0.2, 0) is 46.8 Å². The van der Waals surface area contributed by atoms with Gasteiger partial charge in [0.15, 0.2) is 0 Å². The van der Waals surface area contributed by atoms with Crippen LogP contribution in [0.5, 0.6) is 0 Å². The summed E-state index contributed by atoms with van der Waals surface area (Å²) >= 11 is 0. The maximum Gasteiger partial charge on any atom is 0.471 e. The van der Waals surface area contributed by atoms with E-state index in [-0.39, 0.29) is 39.6 Å². The predicted octanol–water partition coefficient (Wildman–Crippen LogP) is 0.964. The highest BCUT2D eigenvalue weighted by Gasteiger charge is 2.21. The third-order valence-corrected chi connectivity index (χ3v) is 5.91. The number of hydrogen-bond acceptors (Lipinski definition) is 12. The van der Waals surface area contributed by atoms with Crippen molar-refractivity contribution in [1.29, 1.82) is 0 Å². The van der Waals surface area contributed by atoms with E-state index in [2.05, 4.69) is 20.5 Å². The minimum atomic E-state index is -4.03. The zero-order valence-corrected chi connectivity index (χ0v) is 24.6. The molecule has 0 aromatic carbocycles. The molecular formula is C23H46N3O13P. The monoisotopic (exact) mass is 603 g/mol. The van der Waals surface area contributed by atoms with Gasteiger partial charge >= 0.3 is 20.0 Å². The molecule has 0 radical (unpaired) electrons. The molecule has 0 spiro atoms. The maximum atomic E-state index is 12.7. The number of methoxy groups -OCH3 is 2. The summed E-state index contributed by atoms with van der Waals surface area (Å²) < 4.78 is 50.5. The van der Waals surface area contributed by atoms with Crippen LogP contribution in [0.3, 0.4) is 0 Å². The van der Waals surface area contributed by atoms with E-state index < -0.39 is 32.0 Å². The van der Waals surface area contributed by atoms with Crippen LogP contribution in [-0.4, -0.2) is 123 Å². The fourth-order valence-electron chi connectivity index (χ4n) is 2.84. The Labute approximate surface area is 235 Å². The van der Waals surface area contributed by atoms with Crippen molar-refractivity contribution in [1.82, 2.24) is 16.0 Å². The summed E-state index contributed by atoms with van der Waals surface area (Å²) in [7, 11) is 0.143. The Morgan fingerprint density at radius 3 is 1.85 bits per heavy atom. The largest absolute Gasteiger partial charge is 0.471 e. The van der Waals surface area contributed by atoms with Crippen molar-refractivity contribution >= 4 is 25.9 Å². The number of phosphoric acid groups is 1. The second kappa shape index (κ2) is 25.9. The lowest BCUT2D eigenvalue weighted by molar-refractivity contribution is -0.123. The minimum Gasteiger partial charge on any atom is -0.447 e. The summed E-state index contributed by atoms with van der Waals surface area (Å²) in [6, 6.07) is -0.875. The van der Waals surface area contributed by atoms with E-state index in [1.807, 2.05) is 0 Å². The molecule has 0 aliphatic heterocycles. The van der Waals surface area contributed by atoms with Gasteiger partial charge in [-0.3, -0.25) is 13.8 Å². The first-order chi connectivity index (χ1) is 19.3. The third kappa shape index (κ3) is 23.8. The van der Waals surface area contributed by atoms with Crippen molar-refractivity contribution < 1.29 is 61.3 Å². The lowest BCUT2D eigenvalue weighted by atomic mass is 10.1. The molecule has 0 saturated carbocycles. The van der Waals surface area contributed by atoms with Crippen LogP contribution in [0.15, 0.2) is 0 Å². The molecular weight excluding hydrogens is 557 g/mol.